The van der Waals surface area contributed by atoms with Crippen LogP contribution in [-0.2, 0) is 28.2 Å². The van der Waals surface area contributed by atoms with Crippen molar-refractivity contribution < 1.29 is 0 Å². The molecule has 0 unspecified atom stereocenters. The van der Waals surface area contributed by atoms with Gasteiger partial charge in [-0.05, 0) is 168 Å². The number of fused-ring (bicyclic) bond motifs is 22. The molecule has 0 aliphatic heterocycles. The van der Waals surface area contributed by atoms with Crippen LogP contribution in [-0.4, -0.2) is 120 Å². The fourth-order valence-corrected chi connectivity index (χ4v) is 12.6. The molecule has 0 radical (unpaired) electrons. The first-order chi connectivity index (χ1) is 50.5. The van der Waals surface area contributed by atoms with Gasteiger partial charge in [-0.25, -0.2) is 0 Å². The van der Waals surface area contributed by atoms with E-state index in [9.17, 15) is 0 Å². The molecule has 0 spiro atoms. The lowest BCUT2D eigenvalue weighted by Gasteiger charge is -2.08. The minimum atomic E-state index is 1.14. The normalized spacial score (nSPS) is 10.6. The third-order valence-corrected chi connectivity index (χ3v) is 18.7. The molecule has 0 bridgehead atoms. The molecule has 0 fully saturated rings. The first-order valence-corrected chi connectivity index (χ1v) is 37.9. The maximum atomic E-state index is 2.33. The van der Waals surface area contributed by atoms with E-state index in [1.54, 1.807) is 0 Å². The summed E-state index contributed by atoms with van der Waals surface area (Å²) < 4.78 is 9.18. The van der Waals surface area contributed by atoms with Gasteiger partial charge in [-0.15, -0.1) is 0 Å². The zero-order valence-corrected chi connectivity index (χ0v) is 67.7. The van der Waals surface area contributed by atoms with Gasteiger partial charge in [0.25, 0.3) is 0 Å². The molecule has 8 nitrogen and oxygen atoms in total. The largest absolute Gasteiger partial charge is 0.344 e. The summed E-state index contributed by atoms with van der Waals surface area (Å²) in [5.41, 5.74) is 10.4. The molecular weight excluding hydrogens is 1270 g/mol. The van der Waals surface area contributed by atoms with Crippen molar-refractivity contribution >= 4 is 141 Å². The number of aromatic nitrogens is 4. The van der Waals surface area contributed by atoms with Crippen LogP contribution >= 0.6 is 0 Å². The zero-order valence-electron chi connectivity index (χ0n) is 67.7. The van der Waals surface area contributed by atoms with Gasteiger partial charge in [-0.3, -0.25) is 0 Å². The van der Waals surface area contributed by atoms with Crippen LogP contribution in [0, 0.1) is 0 Å². The fraction of sp³-hybridized carbons (Fsp3) is 0.292. The number of aryl methyl sites for hydroxylation is 4. The van der Waals surface area contributed by atoms with E-state index in [0.29, 0.717) is 0 Å². The van der Waals surface area contributed by atoms with Gasteiger partial charge in [-0.1, -0.05) is 295 Å². The highest BCUT2D eigenvalue weighted by Crippen LogP contribution is 2.41. The van der Waals surface area contributed by atoms with Crippen molar-refractivity contribution in [2.75, 3.05) is 82.6 Å². The van der Waals surface area contributed by atoms with Crippen molar-refractivity contribution in [2.45, 2.75) is 83.1 Å². The topological polar surface area (TPSA) is 32.7 Å². The Labute approximate surface area is 623 Å². The average molecular weight is 1390 g/mol. The smallest absolute Gasteiger partial charge is 0.0574 e. The molecule has 0 aliphatic carbocycles. The van der Waals surface area contributed by atoms with Crippen molar-refractivity contribution in [3.63, 3.8) is 0 Å². The fourth-order valence-electron chi connectivity index (χ4n) is 12.6. The van der Waals surface area contributed by atoms with Gasteiger partial charge >= 0.3 is 0 Å². The maximum Gasteiger partial charge on any atom is 0.0574 e. The van der Waals surface area contributed by atoms with E-state index in [1.807, 2.05) is 55.4 Å². The van der Waals surface area contributed by atoms with Crippen molar-refractivity contribution in [2.24, 2.45) is 28.2 Å². The van der Waals surface area contributed by atoms with Gasteiger partial charge in [0.2, 0.25) is 0 Å². The predicted molar refractivity (Wildman–Crippen MR) is 472 cm³/mol. The van der Waals surface area contributed by atoms with E-state index in [4.69, 9.17) is 0 Å². The van der Waals surface area contributed by atoms with Crippen molar-refractivity contribution in [1.29, 1.82) is 0 Å². The van der Waals surface area contributed by atoms with Crippen LogP contribution in [0.15, 0.2) is 255 Å². The number of rotatable bonds is 4. The van der Waals surface area contributed by atoms with Crippen LogP contribution < -0.4 is 0 Å². The van der Waals surface area contributed by atoms with Crippen LogP contribution in [0.3, 0.4) is 0 Å². The van der Waals surface area contributed by atoms with Gasteiger partial charge in [0.15, 0.2) is 0 Å². The Bertz CT molecular complexity index is 5380. The first-order valence-electron chi connectivity index (χ1n) is 37.9. The predicted octanol–water partition coefficient (Wildman–Crippen LogP) is 25.5. The van der Waals surface area contributed by atoms with Crippen LogP contribution in [0.5, 0.6) is 0 Å². The minimum Gasteiger partial charge on any atom is -0.344 e. The SMILES string of the molecule is CC.CC.CC.CC.CCN(C)C.CCN(C)C.CCN(C)C.CCN(C)C.Cn1c2ccccc2c2c3ccccc3c3ccccc3c21.Cn1c2ccccc2c2c3ccccc3ccc21.Cn1c2ccccc2c2cc3ccccc3cc21.Cn1c2ccccc2c2ccc3ccccc3c21. The molecule has 17 aromatic rings. The molecule has 0 N–H and O–H groups in total. The zero-order chi connectivity index (χ0) is 76.2. The number of hydrogen-bond donors (Lipinski definition) is 0. The highest BCUT2D eigenvalue weighted by Gasteiger charge is 2.16. The summed E-state index contributed by atoms with van der Waals surface area (Å²) >= 11 is 0. The van der Waals surface area contributed by atoms with Crippen molar-refractivity contribution in [1.82, 2.24) is 37.9 Å². The monoisotopic (exact) mass is 1390 g/mol. The summed E-state index contributed by atoms with van der Waals surface area (Å²) in [5.74, 6) is 0. The van der Waals surface area contributed by atoms with Gasteiger partial charge in [0.05, 0.1) is 11.0 Å². The first kappa shape index (κ1) is 83.1. The standard InChI is InChI=1S/C21H15N.3C17H13N.4C4H11N.4C2H6/c1-22-19-13-7-6-12-18(19)20-16-10-4-2-8-14(16)15-9-3-5-11-17(15)21(20)22;1-18-16-9-5-4-8-14(16)15-10-12-6-2-3-7-13(12)11-17(15)18;1-18-16-9-5-4-8-14(16)15-11-10-12-6-2-3-7-13(12)17(15)18;1-18-15-9-5-4-8-14(15)17-13-7-3-2-6-12(13)10-11-16(17)18;4*1-4-5(2)3;4*1-2/h2-13H,1H3;3*2-11H,1H3;4*4H2,1-3H3;4*1-2H3. The Morgan fingerprint density at radius 2 is 0.481 bits per heavy atom. The summed E-state index contributed by atoms with van der Waals surface area (Å²) in [6.07, 6.45) is 0. The Kier molecular flexibility index (Phi) is 33.2. The van der Waals surface area contributed by atoms with Crippen LogP contribution in [0.2, 0.25) is 0 Å². The average Bonchev–Trinajstić information content (AvgIpc) is 1.54. The molecule has 0 saturated carbocycles. The van der Waals surface area contributed by atoms with Gasteiger partial charge < -0.3 is 37.9 Å². The molecule has 0 aliphatic rings. The van der Waals surface area contributed by atoms with Gasteiger partial charge in [-0.2, -0.15) is 0 Å². The molecule has 0 saturated heterocycles. The third-order valence-electron chi connectivity index (χ3n) is 18.7. The third kappa shape index (κ3) is 19.3. The minimum absolute atomic E-state index is 1.14. The highest BCUT2D eigenvalue weighted by molar-refractivity contribution is 6.31. The second kappa shape index (κ2) is 41.5. The summed E-state index contributed by atoms with van der Waals surface area (Å²) in [6.45, 7) is 29.1. The summed E-state index contributed by atoms with van der Waals surface area (Å²) in [4.78, 5) is 8.50. The number of hydrogen-bond acceptors (Lipinski definition) is 4. The Morgan fingerprint density at radius 1 is 0.202 bits per heavy atom. The Hall–Kier alpha value is -9.80. The van der Waals surface area contributed by atoms with Crippen LogP contribution in [0.4, 0.5) is 0 Å². The number of para-hydroxylation sites is 4. The molecular formula is C96H122N8. The number of benzene rings is 13. The lowest BCUT2D eigenvalue weighted by molar-refractivity contribution is 0.434. The van der Waals surface area contributed by atoms with Crippen molar-refractivity contribution in [3.8, 4) is 0 Å². The second-order valence-corrected chi connectivity index (χ2v) is 25.8. The molecule has 0 amide bonds. The second-order valence-electron chi connectivity index (χ2n) is 25.8. The molecule has 13 aromatic carbocycles. The van der Waals surface area contributed by atoms with Crippen LogP contribution in [0.25, 0.3) is 141 Å². The molecule has 4 aromatic heterocycles. The van der Waals surface area contributed by atoms with E-state index >= 15 is 0 Å². The van der Waals surface area contributed by atoms with E-state index in [0.717, 1.165) is 26.2 Å². The molecule has 104 heavy (non-hydrogen) atoms. The summed E-state index contributed by atoms with van der Waals surface area (Å²) in [6, 6.07) is 91.1. The summed E-state index contributed by atoms with van der Waals surface area (Å²) in [5, 5.41) is 24.0. The van der Waals surface area contributed by atoms with E-state index in [2.05, 4.69) is 405 Å². The maximum absolute atomic E-state index is 2.33. The Balaban J connectivity index is 0.000000195. The van der Waals surface area contributed by atoms with Gasteiger partial charge in [0, 0.05) is 115 Å². The molecule has 546 valence electrons. The molecule has 0 atom stereocenters. The van der Waals surface area contributed by atoms with Crippen molar-refractivity contribution in [3.05, 3.63) is 255 Å². The lowest BCUT2D eigenvalue weighted by Crippen LogP contribution is -2.08. The Morgan fingerprint density at radius 3 is 0.952 bits per heavy atom. The molecule has 4 heterocycles. The summed E-state index contributed by atoms with van der Waals surface area (Å²) in [7, 11) is 25.0. The molecule has 17 rings (SSSR count). The van der Waals surface area contributed by atoms with E-state index < -0.39 is 0 Å². The quantitative estimate of drug-likeness (QED) is 0.164. The lowest BCUT2D eigenvalue weighted by atomic mass is 9.97. The number of nitrogens with zero attached hydrogens (tertiary/aromatic N) is 8. The van der Waals surface area contributed by atoms with Gasteiger partial charge in [0.1, 0.15) is 0 Å². The molecule has 8 heteroatoms. The van der Waals surface area contributed by atoms with Crippen LogP contribution in [0.1, 0.15) is 83.1 Å². The van der Waals surface area contributed by atoms with E-state index in [-0.39, 0.29) is 0 Å². The highest BCUT2D eigenvalue weighted by atomic mass is 15.1. The van der Waals surface area contributed by atoms with E-state index in [1.165, 1.54) is 141 Å².